The summed E-state index contributed by atoms with van der Waals surface area (Å²) in [6, 6.07) is 0. The summed E-state index contributed by atoms with van der Waals surface area (Å²) in [6.45, 7) is 5.38. The lowest BCUT2D eigenvalue weighted by Crippen LogP contribution is -2.42. The number of ether oxygens (including phenoxy) is 2. The van der Waals surface area contributed by atoms with Crippen LogP contribution in [-0.2, 0) is 19.1 Å². The summed E-state index contributed by atoms with van der Waals surface area (Å²) < 4.78 is 9.86. The zero-order valence-corrected chi connectivity index (χ0v) is 10.8. The molecule has 0 amide bonds. The van der Waals surface area contributed by atoms with Crippen LogP contribution in [0.4, 0.5) is 0 Å². The molecule has 0 saturated carbocycles. The minimum Gasteiger partial charge on any atom is -0.465 e. The number of carbonyl (C=O) groups excluding carboxylic acids is 2. The van der Waals surface area contributed by atoms with Crippen LogP contribution in [0.3, 0.4) is 0 Å². The molecule has 0 radical (unpaired) electrons. The zero-order chi connectivity index (χ0) is 13.3. The maximum absolute atomic E-state index is 11.9. The van der Waals surface area contributed by atoms with Gasteiger partial charge < -0.3 is 14.6 Å². The fourth-order valence-corrected chi connectivity index (χ4v) is 1.77. The molecule has 0 heterocycles. The van der Waals surface area contributed by atoms with Gasteiger partial charge in [0.1, 0.15) is 0 Å². The van der Waals surface area contributed by atoms with Crippen LogP contribution in [0.15, 0.2) is 0 Å². The number of rotatable bonds is 8. The summed E-state index contributed by atoms with van der Waals surface area (Å²) in [5.74, 6) is -1.20. The first-order valence-electron chi connectivity index (χ1n) is 6.04. The van der Waals surface area contributed by atoms with E-state index in [1.54, 1.807) is 13.8 Å². The predicted octanol–water partition coefficient (Wildman–Crippen LogP) is 1.28. The van der Waals surface area contributed by atoms with Gasteiger partial charge in [0.25, 0.3) is 0 Å². The van der Waals surface area contributed by atoms with Gasteiger partial charge in [0.15, 0.2) is 5.41 Å². The van der Waals surface area contributed by atoms with Crippen LogP contribution < -0.4 is 0 Å². The molecule has 0 aromatic heterocycles. The van der Waals surface area contributed by atoms with Gasteiger partial charge in [-0.3, -0.25) is 9.59 Å². The number of esters is 2. The second kappa shape index (κ2) is 8.06. The molecule has 0 unspecified atom stereocenters. The quantitative estimate of drug-likeness (QED) is 0.516. The van der Waals surface area contributed by atoms with Gasteiger partial charge in [-0.1, -0.05) is 13.3 Å². The molecule has 5 nitrogen and oxygen atoms in total. The summed E-state index contributed by atoms with van der Waals surface area (Å²) in [7, 11) is 0. The summed E-state index contributed by atoms with van der Waals surface area (Å²) in [6.07, 6.45) is 1.00. The highest BCUT2D eigenvalue weighted by atomic mass is 16.6. The van der Waals surface area contributed by atoms with Crippen LogP contribution in [0.1, 0.15) is 40.0 Å². The molecule has 0 aliphatic heterocycles. The van der Waals surface area contributed by atoms with Gasteiger partial charge in [-0.25, -0.2) is 0 Å². The Hall–Kier alpha value is -1.10. The third-order valence-corrected chi connectivity index (χ3v) is 2.55. The average Bonchev–Trinajstić information content (AvgIpc) is 2.29. The van der Waals surface area contributed by atoms with E-state index in [2.05, 4.69) is 0 Å². The second-order valence-electron chi connectivity index (χ2n) is 3.75. The number of carbonyl (C=O) groups is 2. The summed E-state index contributed by atoms with van der Waals surface area (Å²) in [4.78, 5) is 23.9. The molecule has 0 rings (SSSR count). The summed E-state index contributed by atoms with van der Waals surface area (Å²) in [5.41, 5.74) is -1.35. The molecule has 0 aliphatic carbocycles. The monoisotopic (exact) mass is 246 g/mol. The molecule has 0 spiro atoms. The first kappa shape index (κ1) is 15.9. The Kier molecular flexibility index (Phi) is 7.54. The molecule has 0 bridgehead atoms. The van der Waals surface area contributed by atoms with Crippen LogP contribution in [0.2, 0.25) is 0 Å². The predicted molar refractivity (Wildman–Crippen MR) is 62.3 cm³/mol. The standard InChI is InChI=1S/C12H22O5/c1-4-7-12(8-9-13,10(14)16-5-2)11(15)17-6-3/h13H,4-9H2,1-3H3. The minimum absolute atomic E-state index is 0.0402. The summed E-state index contributed by atoms with van der Waals surface area (Å²) >= 11 is 0. The number of hydrogen-bond donors (Lipinski definition) is 1. The van der Waals surface area contributed by atoms with E-state index < -0.39 is 17.4 Å². The van der Waals surface area contributed by atoms with E-state index in [-0.39, 0.29) is 26.2 Å². The van der Waals surface area contributed by atoms with Crippen molar-refractivity contribution in [1.29, 1.82) is 0 Å². The van der Waals surface area contributed by atoms with Crippen LogP contribution in [0.5, 0.6) is 0 Å². The van der Waals surface area contributed by atoms with Crippen LogP contribution in [0, 0.1) is 5.41 Å². The van der Waals surface area contributed by atoms with Gasteiger partial charge in [-0.05, 0) is 26.7 Å². The topological polar surface area (TPSA) is 72.8 Å². The second-order valence-corrected chi connectivity index (χ2v) is 3.75. The normalized spacial score (nSPS) is 11.1. The fraction of sp³-hybridized carbons (Fsp3) is 0.833. The first-order valence-corrected chi connectivity index (χ1v) is 6.04. The van der Waals surface area contributed by atoms with Gasteiger partial charge in [0, 0.05) is 6.61 Å². The Balaban J connectivity index is 5.09. The molecule has 0 fully saturated rings. The minimum atomic E-state index is -1.35. The van der Waals surface area contributed by atoms with Crippen molar-refractivity contribution in [2.45, 2.75) is 40.0 Å². The van der Waals surface area contributed by atoms with Gasteiger partial charge in [-0.15, -0.1) is 0 Å². The fourth-order valence-electron chi connectivity index (χ4n) is 1.77. The van der Waals surface area contributed by atoms with Crippen molar-refractivity contribution in [3.8, 4) is 0 Å². The Bertz CT molecular complexity index is 223. The van der Waals surface area contributed by atoms with Crippen LogP contribution >= 0.6 is 0 Å². The summed E-state index contributed by atoms with van der Waals surface area (Å²) in [5, 5.41) is 9.05. The van der Waals surface area contributed by atoms with Gasteiger partial charge in [0.2, 0.25) is 0 Å². The van der Waals surface area contributed by atoms with Crippen molar-refractivity contribution in [3.05, 3.63) is 0 Å². The lowest BCUT2D eigenvalue weighted by Gasteiger charge is -2.28. The highest BCUT2D eigenvalue weighted by Crippen LogP contribution is 2.31. The highest BCUT2D eigenvalue weighted by molar-refractivity contribution is 6.00. The Morgan fingerprint density at radius 3 is 1.76 bits per heavy atom. The van der Waals surface area contributed by atoms with Crippen molar-refractivity contribution in [2.75, 3.05) is 19.8 Å². The van der Waals surface area contributed by atoms with Crippen molar-refractivity contribution < 1.29 is 24.2 Å². The molecule has 0 aromatic rings. The maximum Gasteiger partial charge on any atom is 0.323 e. The van der Waals surface area contributed by atoms with Crippen molar-refractivity contribution in [1.82, 2.24) is 0 Å². The van der Waals surface area contributed by atoms with Gasteiger partial charge >= 0.3 is 11.9 Å². The Morgan fingerprint density at radius 2 is 1.47 bits per heavy atom. The van der Waals surface area contributed by atoms with E-state index in [1.807, 2.05) is 6.92 Å². The highest BCUT2D eigenvalue weighted by Gasteiger charge is 2.47. The molecule has 0 saturated heterocycles. The van der Waals surface area contributed by atoms with E-state index in [4.69, 9.17) is 14.6 Å². The van der Waals surface area contributed by atoms with E-state index in [0.717, 1.165) is 0 Å². The van der Waals surface area contributed by atoms with E-state index in [0.29, 0.717) is 12.8 Å². The third kappa shape index (κ3) is 4.00. The lowest BCUT2D eigenvalue weighted by molar-refractivity contribution is -0.174. The van der Waals surface area contributed by atoms with E-state index in [1.165, 1.54) is 0 Å². The number of aliphatic hydroxyl groups excluding tert-OH is 1. The van der Waals surface area contributed by atoms with Crippen molar-refractivity contribution in [2.24, 2.45) is 5.41 Å². The molecule has 100 valence electrons. The smallest absolute Gasteiger partial charge is 0.323 e. The SMILES string of the molecule is CCCC(CCO)(C(=O)OCC)C(=O)OCC. The molecule has 0 atom stereocenters. The van der Waals surface area contributed by atoms with Crippen molar-refractivity contribution >= 4 is 11.9 Å². The molecular formula is C12H22O5. The maximum atomic E-state index is 11.9. The van der Waals surface area contributed by atoms with E-state index in [9.17, 15) is 9.59 Å². The van der Waals surface area contributed by atoms with Crippen LogP contribution in [0.25, 0.3) is 0 Å². The number of aliphatic hydroxyl groups is 1. The Morgan fingerprint density at radius 1 is 1.00 bits per heavy atom. The lowest BCUT2D eigenvalue weighted by atomic mass is 9.80. The van der Waals surface area contributed by atoms with Gasteiger partial charge in [-0.2, -0.15) is 0 Å². The molecule has 5 heteroatoms. The van der Waals surface area contributed by atoms with Crippen molar-refractivity contribution in [3.63, 3.8) is 0 Å². The first-order chi connectivity index (χ1) is 8.08. The molecular weight excluding hydrogens is 224 g/mol. The average molecular weight is 246 g/mol. The van der Waals surface area contributed by atoms with Gasteiger partial charge in [0.05, 0.1) is 13.2 Å². The molecule has 0 aliphatic rings. The largest absolute Gasteiger partial charge is 0.465 e. The number of hydrogen-bond acceptors (Lipinski definition) is 5. The Labute approximate surface area is 102 Å². The van der Waals surface area contributed by atoms with Crippen LogP contribution in [-0.4, -0.2) is 36.9 Å². The third-order valence-electron chi connectivity index (χ3n) is 2.55. The molecule has 17 heavy (non-hydrogen) atoms. The van der Waals surface area contributed by atoms with E-state index >= 15 is 0 Å². The molecule has 1 N–H and O–H groups in total. The zero-order valence-electron chi connectivity index (χ0n) is 10.8. The molecule has 0 aromatic carbocycles.